The van der Waals surface area contributed by atoms with Gasteiger partial charge in [-0.15, -0.1) is 11.3 Å². The van der Waals surface area contributed by atoms with Crippen molar-refractivity contribution in [1.29, 1.82) is 0 Å². The summed E-state index contributed by atoms with van der Waals surface area (Å²) in [6.45, 7) is 6.37. The molecule has 2 unspecified atom stereocenters. The second-order valence-corrected chi connectivity index (χ2v) is 10.1. The van der Waals surface area contributed by atoms with E-state index in [-0.39, 0.29) is 28.1 Å². The van der Waals surface area contributed by atoms with Crippen LogP contribution in [0.5, 0.6) is 0 Å². The summed E-state index contributed by atoms with van der Waals surface area (Å²) >= 11 is 1.14. The molecule has 0 bridgehead atoms. The van der Waals surface area contributed by atoms with Crippen LogP contribution in [0.1, 0.15) is 46.5 Å². The van der Waals surface area contributed by atoms with Gasteiger partial charge in [0.2, 0.25) is 5.91 Å². The zero-order valence-corrected chi connectivity index (χ0v) is 15.6. The number of sulfonamides is 1. The molecule has 2 N–H and O–H groups in total. The summed E-state index contributed by atoms with van der Waals surface area (Å²) in [4.78, 5) is 12.2. The first-order chi connectivity index (χ1) is 10.7. The minimum absolute atomic E-state index is 0.127. The van der Waals surface area contributed by atoms with Gasteiger partial charge in [-0.3, -0.25) is 4.79 Å². The molecule has 0 radical (unpaired) electrons. The molecule has 130 valence electrons. The molecule has 1 aliphatic carbocycles. The third-order valence-corrected chi connectivity index (χ3v) is 7.21. The van der Waals surface area contributed by atoms with E-state index in [9.17, 15) is 13.2 Å². The Balaban J connectivity index is 1.91. The van der Waals surface area contributed by atoms with Crippen molar-refractivity contribution in [2.45, 2.75) is 56.7 Å². The van der Waals surface area contributed by atoms with E-state index in [4.69, 9.17) is 0 Å². The van der Waals surface area contributed by atoms with Crippen LogP contribution in [-0.4, -0.2) is 26.9 Å². The molecule has 5 nitrogen and oxygen atoms in total. The lowest BCUT2D eigenvalue weighted by atomic mass is 9.69. The molecule has 0 spiro atoms. The van der Waals surface area contributed by atoms with Gasteiger partial charge in [-0.1, -0.05) is 39.7 Å². The van der Waals surface area contributed by atoms with Gasteiger partial charge in [0.25, 0.3) is 10.0 Å². The van der Waals surface area contributed by atoms with E-state index < -0.39 is 10.0 Å². The number of carbonyl (C=O) groups excluding carboxylic acids is 1. The van der Waals surface area contributed by atoms with Gasteiger partial charge < -0.3 is 5.32 Å². The number of thiophene rings is 1. The molecule has 23 heavy (non-hydrogen) atoms. The monoisotopic (exact) mass is 358 g/mol. The van der Waals surface area contributed by atoms with Crippen LogP contribution in [0.2, 0.25) is 0 Å². The van der Waals surface area contributed by atoms with E-state index in [0.717, 1.165) is 30.6 Å². The summed E-state index contributed by atoms with van der Waals surface area (Å²) in [7, 11) is -3.59. The van der Waals surface area contributed by atoms with E-state index >= 15 is 0 Å². The Hall–Kier alpha value is -0.920. The van der Waals surface area contributed by atoms with Gasteiger partial charge in [0.1, 0.15) is 4.21 Å². The predicted molar refractivity (Wildman–Crippen MR) is 92.9 cm³/mol. The highest BCUT2D eigenvalue weighted by Crippen LogP contribution is 2.37. The van der Waals surface area contributed by atoms with Crippen molar-refractivity contribution in [1.82, 2.24) is 10.0 Å². The Morgan fingerprint density at radius 1 is 1.30 bits per heavy atom. The highest BCUT2D eigenvalue weighted by molar-refractivity contribution is 7.91. The molecule has 0 aromatic carbocycles. The average molecular weight is 359 g/mol. The van der Waals surface area contributed by atoms with Crippen LogP contribution in [0, 0.1) is 11.3 Å². The van der Waals surface area contributed by atoms with E-state index in [0.29, 0.717) is 5.92 Å². The average Bonchev–Trinajstić information content (AvgIpc) is 3.00. The number of nitrogens with one attached hydrogen (secondary N) is 2. The van der Waals surface area contributed by atoms with Gasteiger partial charge in [-0.2, -0.15) is 0 Å². The molecule has 1 aromatic rings. The highest BCUT2D eigenvalue weighted by atomic mass is 32.2. The smallest absolute Gasteiger partial charge is 0.250 e. The maximum absolute atomic E-state index is 12.2. The molecule has 1 aromatic heterocycles. The molecule has 2 atom stereocenters. The van der Waals surface area contributed by atoms with Gasteiger partial charge in [0, 0.05) is 6.04 Å². The Bertz CT molecular complexity index is 618. The van der Waals surface area contributed by atoms with Crippen molar-refractivity contribution in [3.8, 4) is 0 Å². The SMILES string of the molecule is CC(C)(C)C1CCCCC1NC(=O)CNS(=O)(=O)c1cccs1. The van der Waals surface area contributed by atoms with E-state index in [1.165, 1.54) is 12.5 Å². The Morgan fingerprint density at radius 2 is 2.00 bits per heavy atom. The Morgan fingerprint density at radius 3 is 2.61 bits per heavy atom. The van der Waals surface area contributed by atoms with Crippen LogP contribution in [-0.2, 0) is 14.8 Å². The van der Waals surface area contributed by atoms with Crippen molar-refractivity contribution in [3.63, 3.8) is 0 Å². The van der Waals surface area contributed by atoms with Crippen molar-refractivity contribution >= 4 is 27.3 Å². The van der Waals surface area contributed by atoms with Crippen molar-refractivity contribution in [2.24, 2.45) is 11.3 Å². The normalized spacial score (nSPS) is 22.7. The van der Waals surface area contributed by atoms with Crippen molar-refractivity contribution in [2.75, 3.05) is 6.54 Å². The van der Waals surface area contributed by atoms with Crippen molar-refractivity contribution in [3.05, 3.63) is 17.5 Å². The minimum atomic E-state index is -3.59. The summed E-state index contributed by atoms with van der Waals surface area (Å²) in [5.41, 5.74) is 0.134. The first kappa shape index (κ1) is 18.4. The second kappa shape index (κ2) is 7.32. The van der Waals surface area contributed by atoms with Crippen molar-refractivity contribution < 1.29 is 13.2 Å². The molecule has 1 aliphatic rings. The molecule has 7 heteroatoms. The number of amides is 1. The fraction of sp³-hybridized carbons (Fsp3) is 0.688. The van der Waals surface area contributed by atoms with Crippen LogP contribution in [0.25, 0.3) is 0 Å². The lowest BCUT2D eigenvalue weighted by Gasteiger charge is -2.40. The first-order valence-electron chi connectivity index (χ1n) is 8.03. The van der Waals surface area contributed by atoms with Gasteiger partial charge in [-0.25, -0.2) is 13.1 Å². The first-order valence-corrected chi connectivity index (χ1v) is 10.4. The summed E-state index contributed by atoms with van der Waals surface area (Å²) in [5.74, 6) is 0.167. The Labute approximate surface area is 142 Å². The molecule has 0 saturated heterocycles. The van der Waals surface area contributed by atoms with E-state index in [1.807, 2.05) is 0 Å². The largest absolute Gasteiger partial charge is 0.352 e. The third-order valence-electron chi connectivity index (χ3n) is 4.41. The number of carbonyl (C=O) groups is 1. The number of hydrogen-bond donors (Lipinski definition) is 2. The molecule has 0 aliphatic heterocycles. The lowest BCUT2D eigenvalue weighted by molar-refractivity contribution is -0.121. The zero-order chi connectivity index (χ0) is 17.1. The maximum atomic E-state index is 12.2. The fourth-order valence-corrected chi connectivity index (χ4v) is 5.27. The second-order valence-electron chi connectivity index (χ2n) is 7.19. The minimum Gasteiger partial charge on any atom is -0.352 e. The van der Waals surface area contributed by atoms with Crippen LogP contribution >= 0.6 is 11.3 Å². The van der Waals surface area contributed by atoms with E-state index in [2.05, 4.69) is 30.8 Å². The van der Waals surface area contributed by atoms with Crippen LogP contribution in [0.4, 0.5) is 0 Å². The molecule has 1 saturated carbocycles. The topological polar surface area (TPSA) is 75.3 Å². The molecular weight excluding hydrogens is 332 g/mol. The van der Waals surface area contributed by atoms with Crippen LogP contribution in [0.3, 0.4) is 0 Å². The van der Waals surface area contributed by atoms with Crippen LogP contribution < -0.4 is 10.0 Å². The summed E-state index contributed by atoms with van der Waals surface area (Å²) in [5, 5.41) is 4.73. The van der Waals surface area contributed by atoms with Gasteiger partial charge in [0.15, 0.2) is 0 Å². The maximum Gasteiger partial charge on any atom is 0.250 e. The third kappa shape index (κ3) is 5.02. The zero-order valence-electron chi connectivity index (χ0n) is 14.0. The summed E-state index contributed by atoms with van der Waals surface area (Å²) < 4.78 is 26.7. The van der Waals surface area contributed by atoms with Crippen LogP contribution in [0.15, 0.2) is 21.7 Å². The van der Waals surface area contributed by atoms with Gasteiger partial charge in [-0.05, 0) is 35.6 Å². The standard InChI is InChI=1S/C16H26N2O3S2/c1-16(2,3)12-7-4-5-8-13(12)18-14(19)11-17-23(20,21)15-9-6-10-22-15/h6,9-10,12-13,17H,4-5,7-8,11H2,1-3H3,(H,18,19). The molecule has 1 amide bonds. The Kier molecular flexibility index (Phi) is 5.86. The molecule has 1 heterocycles. The van der Waals surface area contributed by atoms with Gasteiger partial charge >= 0.3 is 0 Å². The molecule has 1 fully saturated rings. The summed E-state index contributed by atoms with van der Waals surface area (Å²) in [6, 6.07) is 3.33. The molecule has 2 rings (SSSR count). The van der Waals surface area contributed by atoms with E-state index in [1.54, 1.807) is 11.4 Å². The predicted octanol–water partition coefficient (Wildman–Crippen LogP) is 2.75. The number of rotatable bonds is 5. The summed E-state index contributed by atoms with van der Waals surface area (Å²) in [6.07, 6.45) is 4.37. The quantitative estimate of drug-likeness (QED) is 0.850. The lowest BCUT2D eigenvalue weighted by Crippen LogP contribution is -2.49. The molecular formula is C16H26N2O3S2. The van der Waals surface area contributed by atoms with Gasteiger partial charge in [0.05, 0.1) is 6.54 Å². The fourth-order valence-electron chi connectivity index (χ4n) is 3.25. The number of hydrogen-bond acceptors (Lipinski definition) is 4. The highest BCUT2D eigenvalue weighted by Gasteiger charge is 2.34.